The van der Waals surface area contributed by atoms with Gasteiger partial charge in [-0.05, 0) is 25.1 Å². The lowest BCUT2D eigenvalue weighted by Gasteiger charge is -2.22. The summed E-state index contributed by atoms with van der Waals surface area (Å²) in [4.78, 5) is 25.2. The fourth-order valence-electron chi connectivity index (χ4n) is 2.09. The topological polar surface area (TPSA) is 65.1 Å². The summed E-state index contributed by atoms with van der Waals surface area (Å²) in [5, 5.41) is 0. The molecule has 0 bridgehead atoms. The molecule has 0 saturated carbocycles. The van der Waals surface area contributed by atoms with Crippen LogP contribution in [0.4, 0.5) is 0 Å². The highest BCUT2D eigenvalue weighted by atomic mass is 16.6. The number of hydrogen-bond donors (Lipinski definition) is 0. The molecule has 1 aliphatic rings. The third kappa shape index (κ3) is 3.65. The second kappa shape index (κ2) is 6.97. The molecule has 114 valence electrons. The van der Waals surface area contributed by atoms with Crippen molar-refractivity contribution in [3.63, 3.8) is 0 Å². The van der Waals surface area contributed by atoms with Crippen LogP contribution in [-0.2, 0) is 9.53 Å². The summed E-state index contributed by atoms with van der Waals surface area (Å²) in [5.41, 5.74) is 0.519. The van der Waals surface area contributed by atoms with E-state index in [-0.39, 0.29) is 18.3 Å². The summed E-state index contributed by atoms with van der Waals surface area (Å²) in [5.74, 6) is 0.758. The van der Waals surface area contributed by atoms with Gasteiger partial charge in [0.05, 0.1) is 13.5 Å². The molecular weight excluding hydrogens is 274 g/mol. The zero-order valence-corrected chi connectivity index (χ0v) is 12.3. The van der Waals surface area contributed by atoms with Crippen molar-refractivity contribution in [2.45, 2.75) is 13.3 Å². The highest BCUT2D eigenvalue weighted by Crippen LogP contribution is 2.31. The number of nitrogens with zero attached hydrogens (tertiary/aromatic N) is 1. The van der Waals surface area contributed by atoms with E-state index in [1.165, 1.54) is 7.11 Å². The third-order valence-electron chi connectivity index (χ3n) is 3.27. The van der Waals surface area contributed by atoms with Gasteiger partial charge in [0.1, 0.15) is 13.2 Å². The Hall–Kier alpha value is -2.24. The lowest BCUT2D eigenvalue weighted by molar-refractivity contribution is -0.140. The first kappa shape index (κ1) is 15.2. The number of methoxy groups -OCH3 is 1. The molecule has 0 atom stereocenters. The van der Waals surface area contributed by atoms with Gasteiger partial charge in [-0.1, -0.05) is 0 Å². The molecule has 6 heteroatoms. The van der Waals surface area contributed by atoms with E-state index in [1.54, 1.807) is 23.1 Å². The van der Waals surface area contributed by atoms with Crippen LogP contribution in [-0.4, -0.2) is 50.2 Å². The number of amides is 1. The second-order valence-corrected chi connectivity index (χ2v) is 4.57. The SMILES string of the molecule is CCN(CCC(=O)OC)C(=O)c1ccc2c(c1)OCCO2. The van der Waals surface area contributed by atoms with Crippen LogP contribution in [0.5, 0.6) is 11.5 Å². The average Bonchev–Trinajstić information content (AvgIpc) is 2.54. The zero-order valence-electron chi connectivity index (χ0n) is 12.3. The van der Waals surface area contributed by atoms with E-state index in [0.717, 1.165) is 0 Å². The monoisotopic (exact) mass is 293 g/mol. The Balaban J connectivity index is 2.08. The Morgan fingerprint density at radius 3 is 2.62 bits per heavy atom. The lowest BCUT2D eigenvalue weighted by Crippen LogP contribution is -2.33. The van der Waals surface area contributed by atoms with Gasteiger partial charge in [0.2, 0.25) is 0 Å². The van der Waals surface area contributed by atoms with Crippen molar-refractivity contribution in [1.29, 1.82) is 0 Å². The number of rotatable bonds is 5. The average molecular weight is 293 g/mol. The standard InChI is InChI=1S/C15H19NO5/c1-3-16(7-6-14(17)19-2)15(18)11-4-5-12-13(10-11)21-9-8-20-12/h4-5,10H,3,6-9H2,1-2H3. The van der Waals surface area contributed by atoms with Crippen molar-refractivity contribution in [3.8, 4) is 11.5 Å². The fraction of sp³-hybridized carbons (Fsp3) is 0.467. The Labute approximate surface area is 123 Å². The van der Waals surface area contributed by atoms with Crippen molar-refractivity contribution in [3.05, 3.63) is 23.8 Å². The van der Waals surface area contributed by atoms with E-state index in [1.807, 2.05) is 6.92 Å². The Morgan fingerprint density at radius 2 is 1.95 bits per heavy atom. The fourth-order valence-corrected chi connectivity index (χ4v) is 2.09. The number of ether oxygens (including phenoxy) is 3. The van der Waals surface area contributed by atoms with E-state index in [0.29, 0.717) is 43.4 Å². The molecule has 1 aromatic carbocycles. The number of hydrogen-bond acceptors (Lipinski definition) is 5. The van der Waals surface area contributed by atoms with E-state index < -0.39 is 0 Å². The summed E-state index contributed by atoms with van der Waals surface area (Å²) >= 11 is 0. The Morgan fingerprint density at radius 1 is 1.24 bits per heavy atom. The second-order valence-electron chi connectivity index (χ2n) is 4.57. The first-order chi connectivity index (χ1) is 10.2. The maximum Gasteiger partial charge on any atom is 0.307 e. The molecule has 0 aliphatic carbocycles. The molecule has 0 aromatic heterocycles. The number of benzene rings is 1. The smallest absolute Gasteiger partial charge is 0.307 e. The van der Waals surface area contributed by atoms with Gasteiger partial charge in [0, 0.05) is 18.7 Å². The molecule has 0 N–H and O–H groups in total. The minimum absolute atomic E-state index is 0.140. The largest absolute Gasteiger partial charge is 0.486 e. The van der Waals surface area contributed by atoms with Gasteiger partial charge in [0.25, 0.3) is 5.91 Å². The molecule has 1 amide bonds. The molecule has 2 rings (SSSR count). The van der Waals surface area contributed by atoms with Crippen LogP contribution in [0.25, 0.3) is 0 Å². The van der Waals surface area contributed by atoms with Gasteiger partial charge >= 0.3 is 5.97 Å². The molecule has 1 heterocycles. The normalized spacial score (nSPS) is 12.7. The zero-order chi connectivity index (χ0) is 15.2. The predicted molar refractivity (Wildman–Crippen MR) is 75.6 cm³/mol. The number of fused-ring (bicyclic) bond motifs is 1. The van der Waals surface area contributed by atoms with E-state index in [4.69, 9.17) is 9.47 Å². The predicted octanol–water partition coefficient (Wildman–Crippen LogP) is 1.48. The molecule has 6 nitrogen and oxygen atoms in total. The Kier molecular flexibility index (Phi) is 5.03. The van der Waals surface area contributed by atoms with E-state index in [2.05, 4.69) is 4.74 Å². The van der Waals surface area contributed by atoms with Gasteiger partial charge in [-0.2, -0.15) is 0 Å². The molecule has 0 fully saturated rings. The van der Waals surface area contributed by atoms with Crippen LogP contribution in [0.3, 0.4) is 0 Å². The molecule has 0 unspecified atom stereocenters. The van der Waals surface area contributed by atoms with Crippen LogP contribution in [0.1, 0.15) is 23.7 Å². The van der Waals surface area contributed by atoms with E-state index >= 15 is 0 Å². The summed E-state index contributed by atoms with van der Waals surface area (Å²) in [7, 11) is 1.33. The quantitative estimate of drug-likeness (QED) is 0.769. The summed E-state index contributed by atoms with van der Waals surface area (Å²) in [6.07, 6.45) is 0.181. The summed E-state index contributed by atoms with van der Waals surface area (Å²) < 4.78 is 15.5. The Bertz CT molecular complexity index is 529. The first-order valence-electron chi connectivity index (χ1n) is 6.91. The van der Waals surface area contributed by atoms with Gasteiger partial charge < -0.3 is 19.1 Å². The number of carbonyl (C=O) groups is 2. The van der Waals surface area contributed by atoms with Crippen molar-refractivity contribution in [2.75, 3.05) is 33.4 Å². The maximum atomic E-state index is 12.4. The third-order valence-corrected chi connectivity index (χ3v) is 3.27. The van der Waals surface area contributed by atoms with Gasteiger partial charge in [-0.25, -0.2) is 0 Å². The van der Waals surface area contributed by atoms with Crippen LogP contribution in [0.15, 0.2) is 18.2 Å². The van der Waals surface area contributed by atoms with Crippen molar-refractivity contribution < 1.29 is 23.8 Å². The summed E-state index contributed by atoms with van der Waals surface area (Å²) in [6.45, 7) is 3.71. The minimum atomic E-state index is -0.330. The van der Waals surface area contributed by atoms with Gasteiger partial charge in [-0.3, -0.25) is 9.59 Å². The van der Waals surface area contributed by atoms with Crippen LogP contribution in [0.2, 0.25) is 0 Å². The van der Waals surface area contributed by atoms with Gasteiger partial charge in [-0.15, -0.1) is 0 Å². The molecule has 1 aliphatic heterocycles. The van der Waals surface area contributed by atoms with Crippen molar-refractivity contribution in [2.24, 2.45) is 0 Å². The summed E-state index contributed by atoms with van der Waals surface area (Å²) in [6, 6.07) is 5.12. The molecule has 21 heavy (non-hydrogen) atoms. The van der Waals surface area contributed by atoms with E-state index in [9.17, 15) is 9.59 Å². The van der Waals surface area contributed by atoms with Crippen molar-refractivity contribution in [1.82, 2.24) is 4.90 Å². The molecule has 1 aromatic rings. The van der Waals surface area contributed by atoms with Crippen LogP contribution >= 0.6 is 0 Å². The van der Waals surface area contributed by atoms with Gasteiger partial charge in [0.15, 0.2) is 11.5 Å². The van der Waals surface area contributed by atoms with Crippen LogP contribution < -0.4 is 9.47 Å². The first-order valence-corrected chi connectivity index (χ1v) is 6.91. The minimum Gasteiger partial charge on any atom is -0.486 e. The number of carbonyl (C=O) groups excluding carboxylic acids is 2. The van der Waals surface area contributed by atoms with Crippen LogP contribution in [0, 0.1) is 0 Å². The molecule has 0 radical (unpaired) electrons. The van der Waals surface area contributed by atoms with Crippen molar-refractivity contribution >= 4 is 11.9 Å². The molecule has 0 saturated heterocycles. The lowest BCUT2D eigenvalue weighted by atomic mass is 10.1. The molecule has 0 spiro atoms. The maximum absolute atomic E-state index is 12.4. The molecular formula is C15H19NO5. The number of esters is 1. The highest BCUT2D eigenvalue weighted by molar-refractivity contribution is 5.95. The highest BCUT2D eigenvalue weighted by Gasteiger charge is 2.19.